The minimum atomic E-state index is -1.22. The zero-order valence-electron chi connectivity index (χ0n) is 16.3. The van der Waals surface area contributed by atoms with Crippen LogP contribution in [0.5, 0.6) is 0 Å². The summed E-state index contributed by atoms with van der Waals surface area (Å²) in [6.45, 7) is 1.09. The molecule has 0 aliphatic carbocycles. The summed E-state index contributed by atoms with van der Waals surface area (Å²) in [5.74, 6) is -2.42. The van der Waals surface area contributed by atoms with Crippen molar-refractivity contribution in [3.63, 3.8) is 0 Å². The molecule has 2 aromatic rings. The Bertz CT molecular complexity index is 885. The quantitative estimate of drug-likeness (QED) is 0.399. The highest BCUT2D eigenvalue weighted by molar-refractivity contribution is 6.38. The van der Waals surface area contributed by atoms with E-state index in [0.29, 0.717) is 34.5 Å². The number of hydrogen-bond donors (Lipinski definition) is 2. The maximum absolute atomic E-state index is 12.8. The molecule has 0 unspecified atom stereocenters. The lowest BCUT2D eigenvalue weighted by Gasteiger charge is -2.15. The third-order valence-electron chi connectivity index (χ3n) is 3.87. The first-order valence-corrected chi connectivity index (χ1v) is 10.3. The van der Waals surface area contributed by atoms with Crippen LogP contribution in [-0.2, 0) is 9.59 Å². The molecular weight excluding hydrogens is 470 g/mol. The van der Waals surface area contributed by atoms with E-state index < -0.39 is 17.7 Å². The van der Waals surface area contributed by atoms with Crippen LogP contribution in [0.2, 0.25) is 20.1 Å². The third-order valence-corrected chi connectivity index (χ3v) is 4.97. The van der Waals surface area contributed by atoms with E-state index >= 15 is 0 Å². The van der Waals surface area contributed by atoms with Gasteiger partial charge in [0.1, 0.15) is 0 Å². The Balaban J connectivity index is 2.21. The number of amides is 2. The molecule has 0 radical (unpaired) electrons. The van der Waals surface area contributed by atoms with Gasteiger partial charge in [-0.15, -0.1) is 0 Å². The second-order valence-electron chi connectivity index (χ2n) is 6.56. The summed E-state index contributed by atoms with van der Waals surface area (Å²) in [6.07, 6.45) is 1.31. The van der Waals surface area contributed by atoms with Crippen molar-refractivity contribution in [1.82, 2.24) is 4.90 Å². The molecule has 2 rings (SSSR count). The smallest absolute Gasteiger partial charge is 0.242 e. The van der Waals surface area contributed by atoms with Crippen LogP contribution in [0.15, 0.2) is 41.4 Å². The maximum atomic E-state index is 12.8. The second kappa shape index (κ2) is 11.5. The number of rotatable bonds is 8. The first kappa shape index (κ1) is 24.4. The summed E-state index contributed by atoms with van der Waals surface area (Å²) in [5, 5.41) is 6.62. The molecule has 0 aliphatic heterocycles. The monoisotopic (exact) mass is 488 g/mol. The van der Waals surface area contributed by atoms with Gasteiger partial charge in [0.05, 0.1) is 28.0 Å². The van der Waals surface area contributed by atoms with Crippen molar-refractivity contribution in [2.75, 3.05) is 37.8 Å². The van der Waals surface area contributed by atoms with Crippen LogP contribution in [0.25, 0.3) is 0 Å². The molecule has 2 N–H and O–H groups in total. The third kappa shape index (κ3) is 7.45. The van der Waals surface area contributed by atoms with Gasteiger partial charge in [-0.2, -0.15) is 0 Å². The van der Waals surface area contributed by atoms with E-state index in [1.165, 1.54) is 18.3 Å². The fourth-order valence-corrected chi connectivity index (χ4v) is 3.21. The number of nitrogens with zero attached hydrogens (tertiary/aromatic N) is 2. The molecular formula is C20H20Cl4N4O2. The second-order valence-corrected chi connectivity index (χ2v) is 8.25. The van der Waals surface area contributed by atoms with E-state index in [0.717, 1.165) is 0 Å². The maximum Gasteiger partial charge on any atom is 0.242 e. The van der Waals surface area contributed by atoms with Crippen molar-refractivity contribution in [1.29, 1.82) is 0 Å². The average Bonchev–Trinajstić information content (AvgIpc) is 2.65. The van der Waals surface area contributed by atoms with Crippen LogP contribution in [-0.4, -0.2) is 50.1 Å². The van der Waals surface area contributed by atoms with Crippen molar-refractivity contribution in [2.45, 2.75) is 0 Å². The van der Waals surface area contributed by atoms with Crippen molar-refractivity contribution in [2.24, 2.45) is 10.9 Å². The van der Waals surface area contributed by atoms with E-state index in [1.807, 2.05) is 19.0 Å². The van der Waals surface area contributed by atoms with Gasteiger partial charge in [-0.1, -0.05) is 46.4 Å². The highest BCUT2D eigenvalue weighted by atomic mass is 35.5. The van der Waals surface area contributed by atoms with Crippen molar-refractivity contribution in [3.8, 4) is 0 Å². The SMILES string of the molecule is CN(C)CCN=CC(C(=O)Nc1ccc(Cl)cc1Cl)C(=O)Nc1ccc(Cl)cc1Cl. The number of likely N-dealkylation sites (N-methyl/N-ethyl adjacent to an activating group) is 1. The van der Waals surface area contributed by atoms with E-state index in [2.05, 4.69) is 15.6 Å². The Morgan fingerprint density at radius 3 is 1.80 bits per heavy atom. The van der Waals surface area contributed by atoms with Crippen LogP contribution in [0, 0.1) is 5.92 Å². The lowest BCUT2D eigenvalue weighted by molar-refractivity contribution is -0.126. The topological polar surface area (TPSA) is 73.8 Å². The number of anilines is 2. The first-order valence-electron chi connectivity index (χ1n) is 8.84. The van der Waals surface area contributed by atoms with Gasteiger partial charge in [-0.05, 0) is 50.5 Å². The molecule has 160 valence electrons. The van der Waals surface area contributed by atoms with E-state index in [-0.39, 0.29) is 10.0 Å². The fourth-order valence-electron chi connectivity index (χ4n) is 2.29. The highest BCUT2D eigenvalue weighted by Crippen LogP contribution is 2.27. The first-order chi connectivity index (χ1) is 14.2. The van der Waals surface area contributed by atoms with Gasteiger partial charge >= 0.3 is 0 Å². The van der Waals surface area contributed by atoms with Gasteiger partial charge in [0.15, 0.2) is 5.92 Å². The zero-order chi connectivity index (χ0) is 22.3. The van der Waals surface area contributed by atoms with Gasteiger partial charge in [-0.25, -0.2) is 0 Å². The van der Waals surface area contributed by atoms with Crippen LogP contribution >= 0.6 is 46.4 Å². The lowest BCUT2D eigenvalue weighted by Crippen LogP contribution is -2.35. The highest BCUT2D eigenvalue weighted by Gasteiger charge is 2.26. The molecule has 0 aliphatic rings. The van der Waals surface area contributed by atoms with E-state index in [9.17, 15) is 9.59 Å². The number of halogens is 4. The number of nitrogens with one attached hydrogen (secondary N) is 2. The van der Waals surface area contributed by atoms with Gasteiger partial charge in [0.2, 0.25) is 11.8 Å². The molecule has 0 bridgehead atoms. The fraction of sp³-hybridized carbons (Fsp3) is 0.250. The molecule has 0 atom stereocenters. The summed E-state index contributed by atoms with van der Waals surface area (Å²) in [5.41, 5.74) is 0.658. The number of aliphatic imine (C=N–C) groups is 1. The van der Waals surface area contributed by atoms with Crippen molar-refractivity contribution in [3.05, 3.63) is 56.5 Å². The number of benzene rings is 2. The molecule has 10 heteroatoms. The van der Waals surface area contributed by atoms with Gasteiger partial charge in [0, 0.05) is 22.8 Å². The zero-order valence-corrected chi connectivity index (χ0v) is 19.3. The lowest BCUT2D eigenvalue weighted by atomic mass is 10.1. The van der Waals surface area contributed by atoms with Crippen molar-refractivity contribution >= 4 is 75.8 Å². The molecule has 0 heterocycles. The minimum absolute atomic E-state index is 0.250. The van der Waals surface area contributed by atoms with E-state index in [4.69, 9.17) is 46.4 Å². The summed E-state index contributed by atoms with van der Waals surface area (Å²) >= 11 is 24.0. The standard InChI is InChI=1S/C20H20Cl4N4O2/c1-28(2)8-7-25-11-14(19(29)26-17-5-3-12(21)9-15(17)23)20(30)27-18-6-4-13(22)10-16(18)24/h3-6,9-11,14H,7-8H2,1-2H3,(H,26,29)(H,27,30). The van der Waals surface area contributed by atoms with Crippen LogP contribution < -0.4 is 10.6 Å². The molecule has 0 spiro atoms. The normalized spacial score (nSPS) is 11.3. The predicted molar refractivity (Wildman–Crippen MR) is 126 cm³/mol. The van der Waals surface area contributed by atoms with E-state index in [1.54, 1.807) is 24.3 Å². The molecule has 0 aromatic heterocycles. The van der Waals surface area contributed by atoms with Crippen LogP contribution in [0.4, 0.5) is 11.4 Å². The van der Waals surface area contributed by atoms with Gasteiger partial charge in [-0.3, -0.25) is 14.6 Å². The number of carbonyl (C=O) groups excluding carboxylic acids is 2. The molecule has 6 nitrogen and oxygen atoms in total. The summed E-state index contributed by atoms with van der Waals surface area (Å²) < 4.78 is 0. The van der Waals surface area contributed by atoms with Crippen molar-refractivity contribution < 1.29 is 9.59 Å². The Kier molecular flexibility index (Phi) is 9.39. The Labute approximate surface area is 195 Å². The molecule has 2 amide bonds. The minimum Gasteiger partial charge on any atom is -0.324 e. The predicted octanol–water partition coefficient (Wildman–Crippen LogP) is 5.13. The Hall–Kier alpha value is -1.83. The molecule has 0 saturated heterocycles. The molecule has 0 fully saturated rings. The van der Waals surface area contributed by atoms with Crippen LogP contribution in [0.1, 0.15) is 0 Å². The number of hydrogen-bond acceptors (Lipinski definition) is 4. The molecule has 30 heavy (non-hydrogen) atoms. The summed E-state index contributed by atoms with van der Waals surface area (Å²) in [7, 11) is 3.80. The molecule has 2 aromatic carbocycles. The largest absolute Gasteiger partial charge is 0.324 e. The van der Waals surface area contributed by atoms with Gasteiger partial charge in [0.25, 0.3) is 0 Å². The number of carbonyl (C=O) groups is 2. The summed E-state index contributed by atoms with van der Waals surface area (Å²) in [4.78, 5) is 31.8. The van der Waals surface area contributed by atoms with Crippen LogP contribution in [0.3, 0.4) is 0 Å². The molecule has 0 saturated carbocycles. The summed E-state index contributed by atoms with van der Waals surface area (Å²) in [6, 6.07) is 9.25. The van der Waals surface area contributed by atoms with Gasteiger partial charge < -0.3 is 15.5 Å². The Morgan fingerprint density at radius 2 is 1.40 bits per heavy atom. The Morgan fingerprint density at radius 1 is 0.933 bits per heavy atom. The average molecular weight is 490 g/mol.